The Bertz CT molecular complexity index is 241. The number of ether oxygens (including phenoxy) is 1. The van der Waals surface area contributed by atoms with Crippen molar-refractivity contribution in [1.82, 2.24) is 0 Å². The van der Waals surface area contributed by atoms with Crippen LogP contribution >= 0.6 is 0 Å². The van der Waals surface area contributed by atoms with Crippen molar-refractivity contribution in [3.8, 4) is 0 Å². The average molecular weight is 224 g/mol. The molecule has 1 aliphatic rings. The molecule has 1 atom stereocenters. The minimum Gasteiger partial charge on any atom is -0.456 e. The van der Waals surface area contributed by atoms with Gasteiger partial charge in [0.15, 0.2) is 0 Å². The van der Waals surface area contributed by atoms with Crippen LogP contribution in [0.2, 0.25) is 0 Å². The highest BCUT2D eigenvalue weighted by molar-refractivity contribution is 5.81. The summed E-state index contributed by atoms with van der Waals surface area (Å²) in [5.41, 5.74) is -0.298. The lowest BCUT2D eigenvalue weighted by Crippen LogP contribution is -2.33. The van der Waals surface area contributed by atoms with E-state index in [1.165, 1.54) is 38.2 Å². The maximum absolute atomic E-state index is 11.3. The minimum atomic E-state index is -0.298. The van der Waals surface area contributed by atoms with Gasteiger partial charge in [0, 0.05) is 6.08 Å². The number of esters is 1. The fourth-order valence-corrected chi connectivity index (χ4v) is 2.54. The van der Waals surface area contributed by atoms with Crippen LogP contribution in [0.5, 0.6) is 0 Å². The fourth-order valence-electron chi connectivity index (χ4n) is 2.54. The molecule has 1 aliphatic carbocycles. The molecular formula is C14H24O2. The highest BCUT2D eigenvalue weighted by Crippen LogP contribution is 2.33. The summed E-state index contributed by atoms with van der Waals surface area (Å²) < 4.78 is 5.48. The topological polar surface area (TPSA) is 26.3 Å². The SMILES string of the molecule is C=CC(=O)OC(C)(CC)CC1CCCCC1. The van der Waals surface area contributed by atoms with Gasteiger partial charge in [-0.3, -0.25) is 0 Å². The Morgan fingerprint density at radius 2 is 2.06 bits per heavy atom. The number of carbonyl (C=O) groups is 1. The second kappa shape index (κ2) is 6.07. The Morgan fingerprint density at radius 3 is 2.56 bits per heavy atom. The molecule has 2 heteroatoms. The van der Waals surface area contributed by atoms with Crippen molar-refractivity contribution in [3.05, 3.63) is 12.7 Å². The Morgan fingerprint density at radius 1 is 1.44 bits per heavy atom. The summed E-state index contributed by atoms with van der Waals surface area (Å²) in [4.78, 5) is 11.3. The lowest BCUT2D eigenvalue weighted by Gasteiger charge is -2.33. The van der Waals surface area contributed by atoms with E-state index in [2.05, 4.69) is 13.5 Å². The van der Waals surface area contributed by atoms with E-state index in [0.29, 0.717) is 0 Å². The van der Waals surface area contributed by atoms with Gasteiger partial charge in [0.1, 0.15) is 5.60 Å². The number of rotatable bonds is 5. The van der Waals surface area contributed by atoms with E-state index < -0.39 is 0 Å². The van der Waals surface area contributed by atoms with Gasteiger partial charge in [-0.25, -0.2) is 4.79 Å². The second-order valence-electron chi connectivity index (χ2n) is 5.14. The molecule has 0 bridgehead atoms. The van der Waals surface area contributed by atoms with E-state index >= 15 is 0 Å². The summed E-state index contributed by atoms with van der Waals surface area (Å²) in [5, 5.41) is 0. The van der Waals surface area contributed by atoms with Crippen molar-refractivity contribution in [2.24, 2.45) is 5.92 Å². The first-order valence-electron chi connectivity index (χ1n) is 6.45. The van der Waals surface area contributed by atoms with Crippen molar-refractivity contribution in [3.63, 3.8) is 0 Å². The van der Waals surface area contributed by atoms with Crippen molar-refractivity contribution in [2.75, 3.05) is 0 Å². The molecule has 0 amide bonds. The third-order valence-corrected chi connectivity index (χ3v) is 3.71. The molecule has 1 fully saturated rings. The molecule has 2 nitrogen and oxygen atoms in total. The maximum Gasteiger partial charge on any atom is 0.330 e. The quantitative estimate of drug-likeness (QED) is 0.523. The summed E-state index contributed by atoms with van der Waals surface area (Å²) in [6.45, 7) is 7.58. The Labute approximate surface area is 99.1 Å². The van der Waals surface area contributed by atoms with E-state index in [9.17, 15) is 4.79 Å². The molecule has 92 valence electrons. The number of hydrogen-bond acceptors (Lipinski definition) is 2. The summed E-state index contributed by atoms with van der Waals surface area (Å²) in [6.07, 6.45) is 9.76. The van der Waals surface area contributed by atoms with Crippen molar-refractivity contribution in [2.45, 2.75) is 64.4 Å². The van der Waals surface area contributed by atoms with Gasteiger partial charge in [-0.05, 0) is 25.7 Å². The molecule has 0 radical (unpaired) electrons. The Kier molecular flexibility index (Phi) is 5.04. The lowest BCUT2D eigenvalue weighted by molar-refractivity contribution is -0.154. The molecule has 0 N–H and O–H groups in total. The van der Waals surface area contributed by atoms with Gasteiger partial charge in [-0.15, -0.1) is 0 Å². The third kappa shape index (κ3) is 3.99. The first kappa shape index (κ1) is 13.3. The molecule has 0 aromatic rings. The second-order valence-corrected chi connectivity index (χ2v) is 5.14. The largest absolute Gasteiger partial charge is 0.456 e. The van der Waals surface area contributed by atoms with Crippen molar-refractivity contribution in [1.29, 1.82) is 0 Å². The standard InChI is InChI=1S/C14H24O2/c1-4-13(15)16-14(3,5-2)11-12-9-7-6-8-10-12/h4,12H,1,5-11H2,2-3H3. The van der Waals surface area contributed by atoms with Gasteiger partial charge in [0.2, 0.25) is 0 Å². The minimum absolute atomic E-state index is 0.292. The zero-order chi connectivity index (χ0) is 12.0. The maximum atomic E-state index is 11.3. The van der Waals surface area contributed by atoms with Crippen molar-refractivity contribution < 1.29 is 9.53 Å². The first-order chi connectivity index (χ1) is 7.59. The lowest BCUT2D eigenvalue weighted by atomic mass is 9.80. The predicted molar refractivity (Wildman–Crippen MR) is 66.2 cm³/mol. The highest BCUT2D eigenvalue weighted by Gasteiger charge is 2.30. The summed E-state index contributed by atoms with van der Waals surface area (Å²) in [7, 11) is 0. The molecule has 0 heterocycles. The Hall–Kier alpha value is -0.790. The van der Waals surface area contributed by atoms with Gasteiger partial charge < -0.3 is 4.74 Å². The molecule has 0 aromatic heterocycles. The highest BCUT2D eigenvalue weighted by atomic mass is 16.6. The van der Waals surface area contributed by atoms with Gasteiger partial charge in [0.25, 0.3) is 0 Å². The van der Waals surface area contributed by atoms with Crippen LogP contribution in [0.1, 0.15) is 58.8 Å². The van der Waals surface area contributed by atoms with Crippen LogP contribution in [-0.4, -0.2) is 11.6 Å². The van der Waals surface area contributed by atoms with E-state index in [0.717, 1.165) is 18.8 Å². The Balaban J connectivity index is 2.50. The van der Waals surface area contributed by atoms with Crippen LogP contribution in [0, 0.1) is 5.92 Å². The molecular weight excluding hydrogens is 200 g/mol. The third-order valence-electron chi connectivity index (χ3n) is 3.71. The van der Waals surface area contributed by atoms with E-state index in [4.69, 9.17) is 4.74 Å². The molecule has 0 aromatic carbocycles. The average Bonchev–Trinajstić information content (AvgIpc) is 2.30. The molecule has 16 heavy (non-hydrogen) atoms. The van der Waals surface area contributed by atoms with E-state index in [1.54, 1.807) is 0 Å². The number of carbonyl (C=O) groups excluding carboxylic acids is 1. The van der Waals surface area contributed by atoms with Gasteiger partial charge in [-0.2, -0.15) is 0 Å². The van der Waals surface area contributed by atoms with Gasteiger partial charge in [-0.1, -0.05) is 45.6 Å². The van der Waals surface area contributed by atoms with Crippen LogP contribution in [0.4, 0.5) is 0 Å². The first-order valence-corrected chi connectivity index (χ1v) is 6.45. The molecule has 0 saturated heterocycles. The van der Waals surface area contributed by atoms with Gasteiger partial charge >= 0.3 is 5.97 Å². The molecule has 1 unspecified atom stereocenters. The molecule has 1 saturated carbocycles. The molecule has 1 rings (SSSR count). The van der Waals surface area contributed by atoms with Crippen LogP contribution in [0.3, 0.4) is 0 Å². The normalized spacial score (nSPS) is 21.1. The zero-order valence-electron chi connectivity index (χ0n) is 10.6. The molecule has 0 aliphatic heterocycles. The molecule has 0 spiro atoms. The summed E-state index contributed by atoms with van der Waals surface area (Å²) >= 11 is 0. The van der Waals surface area contributed by atoms with Crippen LogP contribution < -0.4 is 0 Å². The van der Waals surface area contributed by atoms with Gasteiger partial charge in [0.05, 0.1) is 0 Å². The summed E-state index contributed by atoms with van der Waals surface area (Å²) in [5.74, 6) is 0.441. The van der Waals surface area contributed by atoms with Crippen LogP contribution in [0.15, 0.2) is 12.7 Å². The van der Waals surface area contributed by atoms with Crippen molar-refractivity contribution >= 4 is 5.97 Å². The van der Waals surface area contributed by atoms with E-state index in [1.807, 2.05) is 6.92 Å². The number of hydrogen-bond donors (Lipinski definition) is 0. The smallest absolute Gasteiger partial charge is 0.330 e. The van der Waals surface area contributed by atoms with Crippen LogP contribution in [0.25, 0.3) is 0 Å². The monoisotopic (exact) mass is 224 g/mol. The zero-order valence-corrected chi connectivity index (χ0v) is 10.6. The fraction of sp³-hybridized carbons (Fsp3) is 0.786. The van der Waals surface area contributed by atoms with E-state index in [-0.39, 0.29) is 11.6 Å². The summed E-state index contributed by atoms with van der Waals surface area (Å²) in [6, 6.07) is 0. The van der Waals surface area contributed by atoms with Crippen LogP contribution in [-0.2, 0) is 9.53 Å². The predicted octanol–water partition coefficient (Wildman–Crippen LogP) is 3.85.